The maximum Gasteiger partial charge on any atom is 0.188 e. The van der Waals surface area contributed by atoms with Crippen molar-refractivity contribution in [3.63, 3.8) is 0 Å². The number of methoxy groups -OCH3 is 2. The van der Waals surface area contributed by atoms with Gasteiger partial charge in [0.05, 0.1) is 20.8 Å². The standard InChI is InChI=1S/C12H16O2.C12H18O.C12H16O.C12H18.2C11H16O.6C2H6/c1-3-9(2)10-5-4-6-11(7-10)12(14)8-13;1-5-9(2)11-6-7-12(13-4)10(3)8-11;1-4-9(2)11-6-5-7-12(8-11)10(3)13;1-5-9(2)12-7-6-10(3)11(4)8-12;1-4-9(2)10-5-7-11(12-3)8-6-10;1-3-9(2)11-6-4-5-10(7-11)8-12;6*1-2/h4-7,9,13H,3,8H2,1-2H3;6-9H,5H2,1-4H3;5-9H,4H2,1-3H3;6-9H,5H2,1-4H3;5-9H,4H2,1-3H3;4-7,9,12H,3,8H2,1-2H3;6*1-2H3. The molecule has 0 amide bonds. The molecule has 6 aromatic rings. The van der Waals surface area contributed by atoms with Gasteiger partial charge >= 0.3 is 0 Å². The molecule has 0 aliphatic rings. The lowest BCUT2D eigenvalue weighted by Gasteiger charge is -2.11. The minimum atomic E-state index is -0.413. The summed E-state index contributed by atoms with van der Waals surface area (Å²) in [6, 6.07) is 45.0. The van der Waals surface area contributed by atoms with Crippen LogP contribution in [0.3, 0.4) is 0 Å². The van der Waals surface area contributed by atoms with Crippen LogP contribution in [-0.2, 0) is 6.61 Å². The Morgan fingerprint density at radius 1 is 0.375 bits per heavy atom. The van der Waals surface area contributed by atoms with Gasteiger partial charge in [-0.1, -0.05) is 269 Å². The van der Waals surface area contributed by atoms with Crippen LogP contribution in [0.1, 0.15) is 323 Å². The van der Waals surface area contributed by atoms with Crippen LogP contribution in [0.15, 0.2) is 133 Å². The van der Waals surface area contributed by atoms with E-state index >= 15 is 0 Å². The van der Waals surface area contributed by atoms with E-state index in [1.807, 2.05) is 144 Å². The fraction of sp³-hybridized carbons (Fsp3) is 0.537. The normalized spacial score (nSPS) is 11.4. The molecular formula is C82H136O6. The predicted octanol–water partition coefficient (Wildman–Crippen LogP) is 25.2. The van der Waals surface area contributed by atoms with Gasteiger partial charge in [0.2, 0.25) is 0 Å². The third-order valence-corrected chi connectivity index (χ3v) is 14.9. The lowest BCUT2D eigenvalue weighted by Crippen LogP contribution is -2.05. The number of carbonyl (C=O) groups excluding carboxylic acids is 2. The fourth-order valence-corrected chi connectivity index (χ4v) is 7.80. The minimum absolute atomic E-state index is 0.143. The number of rotatable bonds is 18. The molecule has 500 valence electrons. The highest BCUT2D eigenvalue weighted by Gasteiger charge is 2.10. The molecule has 6 rings (SSSR count). The van der Waals surface area contributed by atoms with Crippen LogP contribution in [0.2, 0.25) is 0 Å². The average Bonchev–Trinajstić information content (AvgIpc) is 3.67. The second-order valence-corrected chi connectivity index (χ2v) is 20.5. The Morgan fingerprint density at radius 2 is 0.705 bits per heavy atom. The summed E-state index contributed by atoms with van der Waals surface area (Å²) in [6.45, 7) is 58.2. The maximum absolute atomic E-state index is 11.2. The Morgan fingerprint density at radius 3 is 1.05 bits per heavy atom. The summed E-state index contributed by atoms with van der Waals surface area (Å²) < 4.78 is 10.3. The van der Waals surface area contributed by atoms with E-state index in [9.17, 15) is 9.59 Å². The molecule has 0 radical (unpaired) electrons. The van der Waals surface area contributed by atoms with E-state index in [4.69, 9.17) is 19.7 Å². The summed E-state index contributed by atoms with van der Waals surface area (Å²) in [7, 11) is 3.41. The van der Waals surface area contributed by atoms with Crippen LogP contribution < -0.4 is 9.47 Å². The van der Waals surface area contributed by atoms with Gasteiger partial charge in [0.1, 0.15) is 18.1 Å². The third kappa shape index (κ3) is 39.9. The fourth-order valence-electron chi connectivity index (χ4n) is 7.80. The van der Waals surface area contributed by atoms with Crippen LogP contribution in [0.25, 0.3) is 0 Å². The van der Waals surface area contributed by atoms with E-state index in [2.05, 4.69) is 171 Å². The number of aliphatic hydroxyl groups is 2. The zero-order valence-corrected chi connectivity index (χ0v) is 62.4. The van der Waals surface area contributed by atoms with Gasteiger partial charge in [-0.05, 0) is 188 Å². The summed E-state index contributed by atoms with van der Waals surface area (Å²) in [4.78, 5) is 22.3. The van der Waals surface area contributed by atoms with Crippen molar-refractivity contribution >= 4 is 11.6 Å². The second-order valence-electron chi connectivity index (χ2n) is 20.5. The molecule has 6 unspecified atom stereocenters. The number of aliphatic hydroxyl groups excluding tert-OH is 2. The number of ether oxygens (including phenoxy) is 2. The molecule has 0 aliphatic carbocycles. The van der Waals surface area contributed by atoms with E-state index in [1.54, 1.807) is 27.2 Å². The monoisotopic (exact) mass is 1220 g/mol. The lowest BCUT2D eigenvalue weighted by atomic mass is 9.95. The van der Waals surface area contributed by atoms with Gasteiger partial charge in [-0.3, -0.25) is 9.59 Å². The number of hydrogen-bond donors (Lipinski definition) is 2. The van der Waals surface area contributed by atoms with E-state index in [0.29, 0.717) is 41.1 Å². The van der Waals surface area contributed by atoms with Gasteiger partial charge in [0.15, 0.2) is 11.6 Å². The molecule has 0 aromatic heterocycles. The summed E-state index contributed by atoms with van der Waals surface area (Å²) in [5.41, 5.74) is 14.5. The molecule has 0 bridgehead atoms. The molecule has 0 fully saturated rings. The number of Topliss-reactive ketones (excluding diaryl/α,β-unsaturated/α-hetero) is 2. The molecule has 88 heavy (non-hydrogen) atoms. The van der Waals surface area contributed by atoms with E-state index in [-0.39, 0.29) is 18.2 Å². The first-order valence-electron chi connectivity index (χ1n) is 34.1. The highest BCUT2D eigenvalue weighted by atomic mass is 16.5. The Hall–Kier alpha value is -5.82. The molecule has 0 spiro atoms. The van der Waals surface area contributed by atoms with Crippen molar-refractivity contribution in [1.82, 2.24) is 0 Å². The van der Waals surface area contributed by atoms with Crippen LogP contribution >= 0.6 is 0 Å². The zero-order valence-electron chi connectivity index (χ0n) is 62.4. The summed E-state index contributed by atoms with van der Waals surface area (Å²) in [6.07, 6.45) is 6.91. The number of carbonyl (C=O) groups is 2. The molecule has 2 N–H and O–H groups in total. The van der Waals surface area contributed by atoms with Crippen molar-refractivity contribution in [1.29, 1.82) is 0 Å². The van der Waals surface area contributed by atoms with Gasteiger partial charge < -0.3 is 19.7 Å². The molecule has 6 nitrogen and oxygen atoms in total. The quantitative estimate of drug-likeness (QED) is 0.0833. The van der Waals surface area contributed by atoms with Crippen molar-refractivity contribution in [3.05, 3.63) is 200 Å². The van der Waals surface area contributed by atoms with Crippen LogP contribution in [0.4, 0.5) is 0 Å². The van der Waals surface area contributed by atoms with Crippen LogP contribution in [-0.4, -0.2) is 42.6 Å². The second kappa shape index (κ2) is 61.4. The topological polar surface area (TPSA) is 93.1 Å². The van der Waals surface area contributed by atoms with Gasteiger partial charge in [0, 0.05) is 11.1 Å². The van der Waals surface area contributed by atoms with Gasteiger partial charge in [-0.2, -0.15) is 0 Å². The Balaban J connectivity index is -0.000000221. The van der Waals surface area contributed by atoms with Gasteiger partial charge in [-0.25, -0.2) is 0 Å². The van der Waals surface area contributed by atoms with Crippen molar-refractivity contribution < 1.29 is 29.3 Å². The van der Waals surface area contributed by atoms with Crippen molar-refractivity contribution in [3.8, 4) is 11.5 Å². The number of hydrogen-bond acceptors (Lipinski definition) is 6. The zero-order chi connectivity index (χ0) is 69.3. The molecule has 6 heteroatoms. The Bertz CT molecular complexity index is 2540. The maximum atomic E-state index is 11.2. The highest BCUT2D eigenvalue weighted by molar-refractivity contribution is 5.97. The summed E-state index contributed by atoms with van der Waals surface area (Å²) in [5, 5.41) is 17.6. The number of benzene rings is 6. The van der Waals surface area contributed by atoms with Crippen molar-refractivity contribution in [2.24, 2.45) is 0 Å². The number of ketones is 2. The first kappa shape index (κ1) is 93.3. The molecule has 6 atom stereocenters. The third-order valence-electron chi connectivity index (χ3n) is 14.9. The summed E-state index contributed by atoms with van der Waals surface area (Å²) >= 11 is 0. The molecule has 0 saturated heterocycles. The van der Waals surface area contributed by atoms with Crippen molar-refractivity contribution in [2.75, 3.05) is 20.8 Å². The smallest absolute Gasteiger partial charge is 0.188 e. The van der Waals surface area contributed by atoms with Gasteiger partial charge in [0.25, 0.3) is 0 Å². The largest absolute Gasteiger partial charge is 0.497 e. The van der Waals surface area contributed by atoms with E-state index in [1.165, 1.54) is 63.8 Å². The van der Waals surface area contributed by atoms with Crippen LogP contribution in [0.5, 0.6) is 11.5 Å². The predicted molar refractivity (Wildman–Crippen MR) is 394 cm³/mol. The van der Waals surface area contributed by atoms with Crippen LogP contribution in [0, 0.1) is 20.8 Å². The molecular weight excluding hydrogens is 1080 g/mol. The molecule has 0 saturated carbocycles. The first-order valence-corrected chi connectivity index (χ1v) is 34.1. The minimum Gasteiger partial charge on any atom is -0.497 e. The lowest BCUT2D eigenvalue weighted by molar-refractivity contribution is 0.0903. The number of aryl methyl sites for hydroxylation is 3. The summed E-state index contributed by atoms with van der Waals surface area (Å²) in [5.74, 6) is 5.43. The molecule has 0 aliphatic heterocycles. The Labute approximate surface area is 545 Å². The SMILES string of the molecule is CC.CC.CC.CC.CC.CC.CCC(C)c1ccc(C)c(C)c1.CCC(C)c1ccc(OC)c(C)c1.CCC(C)c1ccc(OC)cc1.CCC(C)c1cccc(C(=O)CO)c1.CCC(C)c1cccc(C(C)=O)c1.CCC(C)c1cccc(CO)c1. The highest BCUT2D eigenvalue weighted by Crippen LogP contribution is 2.26. The van der Waals surface area contributed by atoms with Crippen molar-refractivity contribution in [2.45, 2.75) is 275 Å². The average molecular weight is 1220 g/mol. The van der Waals surface area contributed by atoms with Gasteiger partial charge in [-0.15, -0.1) is 0 Å². The first-order chi connectivity index (χ1) is 42.2. The van der Waals surface area contributed by atoms with E-state index in [0.717, 1.165) is 47.5 Å². The van der Waals surface area contributed by atoms with E-state index < -0.39 is 6.61 Å². The molecule has 0 heterocycles. The Kier molecular flexibility index (Phi) is 65.1. The molecule has 6 aromatic carbocycles.